The maximum Gasteiger partial charge on any atom is 0.302 e. The number of benzene rings is 1. The number of hydrogen-bond acceptors (Lipinski definition) is 5. The summed E-state index contributed by atoms with van der Waals surface area (Å²) in [5.41, 5.74) is 0. The summed E-state index contributed by atoms with van der Waals surface area (Å²) in [7, 11) is -1.76. The SMILES string of the molecule is COc1ccc(P2(=O)OCCCN2CC(=O)[O-])cc1. The fourth-order valence-electron chi connectivity index (χ4n) is 1.98. The molecule has 0 spiro atoms. The Morgan fingerprint density at radius 3 is 2.74 bits per heavy atom. The van der Waals surface area contributed by atoms with E-state index in [1.807, 2.05) is 0 Å². The van der Waals surface area contributed by atoms with Crippen molar-refractivity contribution in [2.24, 2.45) is 0 Å². The van der Waals surface area contributed by atoms with Gasteiger partial charge in [-0.1, -0.05) is 0 Å². The zero-order valence-corrected chi connectivity index (χ0v) is 11.5. The minimum absolute atomic E-state index is 0.354. The third-order valence-corrected chi connectivity index (χ3v) is 5.48. The molecule has 104 valence electrons. The lowest BCUT2D eigenvalue weighted by Crippen LogP contribution is -2.41. The molecule has 0 bridgehead atoms. The highest BCUT2D eigenvalue weighted by Gasteiger charge is 2.36. The molecule has 0 amide bonds. The van der Waals surface area contributed by atoms with Gasteiger partial charge in [-0.3, -0.25) is 4.57 Å². The van der Waals surface area contributed by atoms with Crippen LogP contribution in [0.4, 0.5) is 0 Å². The zero-order valence-electron chi connectivity index (χ0n) is 10.6. The Morgan fingerprint density at radius 2 is 2.16 bits per heavy atom. The van der Waals surface area contributed by atoms with Gasteiger partial charge in [0.2, 0.25) is 0 Å². The summed E-state index contributed by atoms with van der Waals surface area (Å²) in [6, 6.07) is 6.61. The van der Waals surface area contributed by atoms with Gasteiger partial charge in [-0.15, -0.1) is 0 Å². The topological polar surface area (TPSA) is 78.9 Å². The van der Waals surface area contributed by atoms with Crippen LogP contribution in [-0.2, 0) is 13.9 Å². The van der Waals surface area contributed by atoms with E-state index in [4.69, 9.17) is 9.26 Å². The summed E-state index contributed by atoms with van der Waals surface area (Å²) in [4.78, 5) is 10.7. The van der Waals surface area contributed by atoms with E-state index in [0.29, 0.717) is 30.6 Å². The first-order chi connectivity index (χ1) is 9.06. The quantitative estimate of drug-likeness (QED) is 0.723. The lowest BCUT2D eigenvalue weighted by Gasteiger charge is -2.35. The third-order valence-electron chi connectivity index (χ3n) is 2.91. The van der Waals surface area contributed by atoms with Gasteiger partial charge in [0.25, 0.3) is 0 Å². The van der Waals surface area contributed by atoms with Crippen LogP contribution in [0, 0.1) is 0 Å². The van der Waals surface area contributed by atoms with Crippen molar-refractivity contribution in [2.75, 3.05) is 26.8 Å². The monoisotopic (exact) mass is 284 g/mol. The summed E-state index contributed by atoms with van der Waals surface area (Å²) in [5, 5.41) is 11.2. The number of rotatable bonds is 4. The molecule has 1 saturated heterocycles. The number of carbonyl (C=O) groups excluding carboxylic acids is 1. The molecule has 2 rings (SSSR count). The van der Waals surface area contributed by atoms with E-state index in [2.05, 4.69) is 0 Å². The fraction of sp³-hybridized carbons (Fsp3) is 0.417. The lowest BCUT2D eigenvalue weighted by atomic mass is 10.3. The number of nitrogens with zero attached hydrogens (tertiary/aromatic N) is 1. The van der Waals surface area contributed by atoms with E-state index in [1.165, 1.54) is 11.8 Å². The van der Waals surface area contributed by atoms with Crippen molar-refractivity contribution < 1.29 is 23.7 Å². The lowest BCUT2D eigenvalue weighted by molar-refractivity contribution is -0.305. The molecule has 1 aliphatic rings. The van der Waals surface area contributed by atoms with Crippen molar-refractivity contribution in [1.82, 2.24) is 4.67 Å². The van der Waals surface area contributed by atoms with Crippen molar-refractivity contribution in [1.29, 1.82) is 0 Å². The van der Waals surface area contributed by atoms with Crippen molar-refractivity contribution in [2.45, 2.75) is 6.42 Å². The average Bonchev–Trinajstić information content (AvgIpc) is 2.41. The minimum Gasteiger partial charge on any atom is -0.549 e. The third kappa shape index (κ3) is 2.97. The van der Waals surface area contributed by atoms with Crippen LogP contribution in [0.2, 0.25) is 0 Å². The summed E-state index contributed by atoms with van der Waals surface area (Å²) in [6.07, 6.45) is 0.646. The Hall–Kier alpha value is -1.36. The molecular formula is C12H15NO5P-. The van der Waals surface area contributed by atoms with E-state index in [1.54, 1.807) is 24.3 Å². The Labute approximate surface area is 111 Å². The van der Waals surface area contributed by atoms with Crippen LogP contribution in [0.5, 0.6) is 5.75 Å². The number of ether oxygens (including phenoxy) is 1. The van der Waals surface area contributed by atoms with E-state index in [-0.39, 0.29) is 0 Å². The smallest absolute Gasteiger partial charge is 0.302 e. The minimum atomic E-state index is -3.30. The number of hydrogen-bond donors (Lipinski definition) is 0. The number of aliphatic carboxylic acids is 1. The molecule has 0 N–H and O–H groups in total. The molecule has 6 nitrogen and oxygen atoms in total. The highest BCUT2D eigenvalue weighted by molar-refractivity contribution is 7.64. The second kappa shape index (κ2) is 5.74. The molecule has 1 aliphatic heterocycles. The molecule has 0 radical (unpaired) electrons. The van der Waals surface area contributed by atoms with Gasteiger partial charge in [0, 0.05) is 13.1 Å². The van der Waals surface area contributed by atoms with Gasteiger partial charge in [0.1, 0.15) is 5.75 Å². The van der Waals surface area contributed by atoms with E-state index < -0.39 is 20.0 Å². The normalized spacial score (nSPS) is 24.1. The maximum atomic E-state index is 12.9. The summed E-state index contributed by atoms with van der Waals surface area (Å²) in [6.45, 7) is 0.369. The average molecular weight is 284 g/mol. The van der Waals surface area contributed by atoms with Gasteiger partial charge < -0.3 is 19.2 Å². The largest absolute Gasteiger partial charge is 0.549 e. The molecule has 0 aliphatic carbocycles. The first-order valence-corrected chi connectivity index (χ1v) is 7.48. The number of methoxy groups -OCH3 is 1. The van der Waals surface area contributed by atoms with Crippen LogP contribution in [0.15, 0.2) is 24.3 Å². The summed E-state index contributed by atoms with van der Waals surface area (Å²) < 4.78 is 24.6. The molecule has 0 saturated carbocycles. The van der Waals surface area contributed by atoms with Crippen molar-refractivity contribution >= 4 is 18.8 Å². The Bertz CT molecular complexity index is 501. The molecule has 1 aromatic carbocycles. The summed E-state index contributed by atoms with van der Waals surface area (Å²) in [5.74, 6) is -0.627. The van der Waals surface area contributed by atoms with E-state index >= 15 is 0 Å². The van der Waals surface area contributed by atoms with Gasteiger partial charge in [-0.2, -0.15) is 0 Å². The van der Waals surface area contributed by atoms with Gasteiger partial charge in [-0.25, -0.2) is 4.67 Å². The number of carbonyl (C=O) groups is 1. The van der Waals surface area contributed by atoms with Gasteiger partial charge in [-0.05, 0) is 30.7 Å². The molecule has 1 unspecified atom stereocenters. The van der Waals surface area contributed by atoms with Crippen LogP contribution >= 0.6 is 7.52 Å². The molecule has 1 fully saturated rings. The molecule has 7 heteroatoms. The molecule has 1 aromatic rings. The van der Waals surface area contributed by atoms with E-state index in [9.17, 15) is 14.5 Å². The number of carboxylic acid groups (broad SMARTS) is 1. The zero-order chi connectivity index (χ0) is 13.9. The molecule has 0 aromatic heterocycles. The Morgan fingerprint density at radius 1 is 1.47 bits per heavy atom. The van der Waals surface area contributed by atoms with Crippen LogP contribution in [0.25, 0.3) is 0 Å². The first-order valence-electron chi connectivity index (χ1n) is 5.91. The predicted molar refractivity (Wildman–Crippen MR) is 67.4 cm³/mol. The highest BCUT2D eigenvalue weighted by atomic mass is 31.2. The van der Waals surface area contributed by atoms with E-state index in [0.717, 1.165) is 0 Å². The van der Waals surface area contributed by atoms with Crippen LogP contribution in [0.3, 0.4) is 0 Å². The molecule has 1 heterocycles. The maximum absolute atomic E-state index is 12.9. The molecule has 1 atom stereocenters. The fourth-order valence-corrected chi connectivity index (χ4v) is 4.23. The number of carboxylic acids is 1. The van der Waals surface area contributed by atoms with Gasteiger partial charge in [0.15, 0.2) is 0 Å². The van der Waals surface area contributed by atoms with Gasteiger partial charge in [0.05, 0.1) is 25.0 Å². The van der Waals surface area contributed by atoms with Crippen molar-refractivity contribution in [3.63, 3.8) is 0 Å². The van der Waals surface area contributed by atoms with Gasteiger partial charge >= 0.3 is 7.52 Å². The summed E-state index contributed by atoms with van der Waals surface area (Å²) >= 11 is 0. The standard InChI is InChI=1S/C12H16NO5P/c1-17-10-3-5-11(6-4-10)19(16)13(9-12(14)15)7-2-8-18-19/h3-6H,2,7-9H2,1H3,(H,14,15)/p-1. The molecule has 19 heavy (non-hydrogen) atoms. The first kappa shape index (κ1) is 14.1. The highest BCUT2D eigenvalue weighted by Crippen LogP contribution is 2.51. The second-order valence-electron chi connectivity index (χ2n) is 4.17. The Kier molecular flexibility index (Phi) is 4.24. The van der Waals surface area contributed by atoms with Crippen LogP contribution in [0.1, 0.15) is 6.42 Å². The van der Waals surface area contributed by atoms with Crippen LogP contribution in [-0.4, -0.2) is 37.4 Å². The van der Waals surface area contributed by atoms with Crippen molar-refractivity contribution in [3.8, 4) is 5.75 Å². The predicted octanol–water partition coefficient (Wildman–Crippen LogP) is -0.0142. The van der Waals surface area contributed by atoms with Crippen molar-refractivity contribution in [3.05, 3.63) is 24.3 Å². The Balaban J connectivity index is 2.30. The second-order valence-corrected chi connectivity index (χ2v) is 6.55. The van der Waals surface area contributed by atoms with Crippen LogP contribution < -0.4 is 15.1 Å². The molecular weight excluding hydrogens is 269 g/mol.